The standard InChI is InChI=1S/C22H22N4O4.Sn/c1-14-11-15(28)12-25(14)9-10-26-22(30)17-6-4-5-16(21(17)24-26)19(13-27)23-18-7-2-3-8-20(18)29;/h2-6,8,14-15,24,28-29H,9-12H2,1H3;/t14-,15-;/m1./s1. The number of aliphatic hydroxyl groups excluding tert-OH is 1. The van der Waals surface area contributed by atoms with Crippen LogP contribution < -0.4 is 9.14 Å². The molecule has 0 saturated carbocycles. The number of aliphatic imine (C=N–C) groups is 1. The van der Waals surface area contributed by atoms with Crippen LogP contribution in [0.15, 0.2) is 46.2 Å². The Hall–Kier alpha value is -2.43. The first-order valence-electron chi connectivity index (χ1n) is 10.3. The Morgan fingerprint density at radius 3 is 2.77 bits per heavy atom. The number of aromatic amines is 1. The van der Waals surface area contributed by atoms with Gasteiger partial charge in [0.15, 0.2) is 0 Å². The molecule has 2 aliphatic heterocycles. The molecule has 2 aliphatic rings. The fraction of sp³-hybridized carbons (Fsp3) is 0.318. The first-order chi connectivity index (χ1) is 14.9. The number of phenolic OH excluding ortho intramolecular Hbond substituents is 1. The van der Waals surface area contributed by atoms with Crippen molar-refractivity contribution in [3.63, 3.8) is 0 Å². The van der Waals surface area contributed by atoms with Crippen LogP contribution in [0.3, 0.4) is 0 Å². The van der Waals surface area contributed by atoms with Gasteiger partial charge in [0, 0.05) is 0 Å². The second-order valence-corrected chi connectivity index (χ2v) is 11.7. The Bertz CT molecular complexity index is 1280. The van der Waals surface area contributed by atoms with Crippen molar-refractivity contribution in [3.8, 4) is 5.75 Å². The number of β-amino-alcohol motifs (C(OH)–C–C–N with tert-alkyl or cyclic N) is 1. The van der Waals surface area contributed by atoms with Gasteiger partial charge in [-0.1, -0.05) is 0 Å². The average Bonchev–Trinajstić information content (AvgIpc) is 3.24. The first-order valence-corrected chi connectivity index (χ1v) is 13.1. The zero-order valence-electron chi connectivity index (χ0n) is 17.0. The number of para-hydroxylation sites is 2. The van der Waals surface area contributed by atoms with Crippen LogP contribution in [0, 0.1) is 0 Å². The number of H-pyrrole nitrogens is 1. The number of aromatic nitrogens is 2. The summed E-state index contributed by atoms with van der Waals surface area (Å²) < 4.78 is 2.44. The molecule has 3 N–H and O–H groups in total. The van der Waals surface area contributed by atoms with Crippen molar-refractivity contribution >= 4 is 50.8 Å². The summed E-state index contributed by atoms with van der Waals surface area (Å²) in [6.45, 7) is 3.80. The molecule has 5 rings (SSSR count). The zero-order valence-corrected chi connectivity index (χ0v) is 19.9. The quantitative estimate of drug-likeness (QED) is 0.430. The van der Waals surface area contributed by atoms with Crippen LogP contribution in [0.1, 0.15) is 18.9 Å². The van der Waals surface area contributed by atoms with Gasteiger partial charge in [0.25, 0.3) is 0 Å². The molecule has 0 unspecified atom stereocenters. The molecule has 0 bridgehead atoms. The summed E-state index contributed by atoms with van der Waals surface area (Å²) in [5, 5.41) is 23.7. The van der Waals surface area contributed by atoms with E-state index in [-0.39, 0.29) is 27.3 Å². The molecule has 0 spiro atoms. The topological polar surface area (TPSA) is 111 Å². The molecule has 3 aromatic rings. The maximum absolute atomic E-state index is 13.0. The number of aliphatic hydroxyl groups is 1. The maximum atomic E-state index is 13.0. The number of hydrogen-bond donors (Lipinski definition) is 3. The minimum absolute atomic E-state index is 0.0164. The van der Waals surface area contributed by atoms with Gasteiger partial charge in [0.2, 0.25) is 0 Å². The van der Waals surface area contributed by atoms with E-state index in [0.29, 0.717) is 47.5 Å². The van der Waals surface area contributed by atoms with Gasteiger partial charge in [-0.3, -0.25) is 0 Å². The van der Waals surface area contributed by atoms with Gasteiger partial charge in [-0.25, -0.2) is 0 Å². The van der Waals surface area contributed by atoms with E-state index >= 15 is 0 Å². The second-order valence-electron chi connectivity index (χ2n) is 8.12. The van der Waals surface area contributed by atoms with Gasteiger partial charge in [-0.2, -0.15) is 0 Å². The van der Waals surface area contributed by atoms with E-state index in [4.69, 9.17) is 0 Å². The fourth-order valence-corrected chi connectivity index (χ4v) is 7.38. The Labute approximate surface area is 188 Å². The normalized spacial score (nSPS) is 21.5. The number of aromatic hydroxyl groups is 1. The van der Waals surface area contributed by atoms with E-state index in [0.717, 1.165) is 10.0 Å². The van der Waals surface area contributed by atoms with Crippen molar-refractivity contribution in [3.05, 3.63) is 52.3 Å². The number of nitrogens with zero attached hydrogens (tertiary/aromatic N) is 3. The summed E-state index contributed by atoms with van der Waals surface area (Å²) in [5.41, 5.74) is 1.83. The van der Waals surface area contributed by atoms with Crippen molar-refractivity contribution in [2.45, 2.75) is 32.0 Å². The van der Waals surface area contributed by atoms with Gasteiger partial charge in [-0.15, -0.1) is 0 Å². The Morgan fingerprint density at radius 2 is 2.00 bits per heavy atom. The van der Waals surface area contributed by atoms with Crippen LogP contribution in [0.25, 0.3) is 10.9 Å². The van der Waals surface area contributed by atoms with Crippen LogP contribution in [0.4, 0.5) is 5.69 Å². The summed E-state index contributed by atoms with van der Waals surface area (Å²) in [6.07, 6.45) is 0.424. The summed E-state index contributed by atoms with van der Waals surface area (Å²) >= 11 is -1.61. The predicted octanol–water partition coefficient (Wildman–Crippen LogP) is 0.481. The SMILES string of the molecule is C[C@@H]1C[C@@H](O)CN1CCn1[nH]c2c(C3=Nc4c(O)ccc[c]4[Sn][C]3=O)cccc2c1=O. The predicted molar refractivity (Wildman–Crippen MR) is 119 cm³/mol. The summed E-state index contributed by atoms with van der Waals surface area (Å²) in [7, 11) is 0. The Kier molecular flexibility index (Phi) is 5.23. The van der Waals surface area contributed by atoms with Crippen molar-refractivity contribution in [1.82, 2.24) is 14.7 Å². The third kappa shape index (κ3) is 3.62. The molecule has 9 heteroatoms. The molecule has 2 radical (unpaired) electrons. The molecular formula is C22H22N4O4Sn. The van der Waals surface area contributed by atoms with Gasteiger partial charge < -0.3 is 0 Å². The summed E-state index contributed by atoms with van der Waals surface area (Å²) in [6, 6.07) is 10.7. The number of benzene rings is 2. The van der Waals surface area contributed by atoms with E-state index in [1.807, 2.05) is 6.07 Å². The Morgan fingerprint density at radius 1 is 1.19 bits per heavy atom. The van der Waals surface area contributed by atoms with E-state index < -0.39 is 21.1 Å². The molecule has 0 amide bonds. The van der Waals surface area contributed by atoms with E-state index in [2.05, 4.69) is 21.9 Å². The van der Waals surface area contributed by atoms with Crippen LogP contribution >= 0.6 is 0 Å². The van der Waals surface area contributed by atoms with Gasteiger partial charge in [0.05, 0.1) is 0 Å². The summed E-state index contributed by atoms with van der Waals surface area (Å²) in [4.78, 5) is 32.5. The molecular weight excluding hydrogens is 503 g/mol. The second kappa shape index (κ2) is 7.92. The monoisotopic (exact) mass is 526 g/mol. The molecule has 158 valence electrons. The third-order valence-electron chi connectivity index (χ3n) is 6.04. The van der Waals surface area contributed by atoms with E-state index in [1.54, 1.807) is 35.0 Å². The third-order valence-corrected chi connectivity index (χ3v) is 9.28. The van der Waals surface area contributed by atoms with Crippen molar-refractivity contribution in [1.29, 1.82) is 0 Å². The number of carbonyl (C=O) groups is 1. The van der Waals surface area contributed by atoms with Crippen LogP contribution in [-0.2, 0) is 11.3 Å². The van der Waals surface area contributed by atoms with Crippen LogP contribution in [0.5, 0.6) is 5.75 Å². The molecule has 0 aliphatic carbocycles. The zero-order chi connectivity index (χ0) is 21.7. The van der Waals surface area contributed by atoms with Crippen LogP contribution in [-0.4, -0.2) is 80.8 Å². The molecule has 1 fully saturated rings. The molecule has 1 aromatic heterocycles. The number of nitrogens with one attached hydrogen (secondary N) is 1. The van der Waals surface area contributed by atoms with E-state index in [9.17, 15) is 19.8 Å². The molecule has 2 atom stereocenters. The van der Waals surface area contributed by atoms with Crippen LogP contribution in [0.2, 0.25) is 0 Å². The number of hydrogen-bond acceptors (Lipinski definition) is 6. The minimum atomic E-state index is -1.61. The average molecular weight is 525 g/mol. The molecule has 3 heterocycles. The first kappa shape index (κ1) is 20.5. The number of carbonyl (C=O) groups excluding carboxylic acids is 1. The number of fused-ring (bicyclic) bond motifs is 2. The van der Waals surface area contributed by atoms with Gasteiger partial charge >= 0.3 is 189 Å². The number of rotatable bonds is 4. The fourth-order valence-electron chi connectivity index (χ4n) is 4.42. The van der Waals surface area contributed by atoms with Crippen molar-refractivity contribution < 1.29 is 15.0 Å². The molecule has 2 aromatic carbocycles. The van der Waals surface area contributed by atoms with Gasteiger partial charge in [-0.05, 0) is 0 Å². The molecule has 8 nitrogen and oxygen atoms in total. The summed E-state index contributed by atoms with van der Waals surface area (Å²) in [5.74, 6) is 0.0727. The van der Waals surface area contributed by atoms with Crippen molar-refractivity contribution in [2.75, 3.05) is 13.1 Å². The number of likely N-dealkylation sites (tertiary alicyclic amines) is 1. The van der Waals surface area contributed by atoms with Gasteiger partial charge in [0.1, 0.15) is 0 Å². The Balaban J connectivity index is 1.52. The number of phenols is 1. The molecule has 31 heavy (non-hydrogen) atoms. The van der Waals surface area contributed by atoms with Crippen molar-refractivity contribution in [2.24, 2.45) is 4.99 Å². The molecule has 1 saturated heterocycles. The van der Waals surface area contributed by atoms with E-state index in [1.165, 1.54) is 0 Å².